The van der Waals surface area contributed by atoms with Crippen LogP contribution in [0.15, 0.2) is 47.6 Å². The number of benzene rings is 1. The quantitative estimate of drug-likeness (QED) is 0.329. The van der Waals surface area contributed by atoms with Gasteiger partial charge >= 0.3 is 0 Å². The van der Waals surface area contributed by atoms with Gasteiger partial charge in [0, 0.05) is 23.6 Å². The van der Waals surface area contributed by atoms with Gasteiger partial charge in [-0.3, -0.25) is 9.19 Å². The molecule has 0 aliphatic heterocycles. The molecule has 0 saturated heterocycles. The van der Waals surface area contributed by atoms with Gasteiger partial charge in [0.05, 0.1) is 33.9 Å². The van der Waals surface area contributed by atoms with E-state index in [1.165, 1.54) is 19.1 Å². The van der Waals surface area contributed by atoms with Gasteiger partial charge in [0.1, 0.15) is 29.4 Å². The number of hydrogen-bond donors (Lipinski definition) is 1. The molecular weight excluding hydrogens is 498 g/mol. The first-order valence-electron chi connectivity index (χ1n) is 11.6. The number of hydrogen-bond acceptors (Lipinski definition) is 7. The van der Waals surface area contributed by atoms with Crippen molar-refractivity contribution in [3.8, 4) is 28.3 Å². The average molecular weight is 527 g/mol. The molecule has 0 radical (unpaired) electrons. The molecule has 194 valence electrons. The van der Waals surface area contributed by atoms with E-state index in [-0.39, 0.29) is 30.2 Å². The fraction of sp³-hybridized carbons (Fsp3) is 0.308. The third-order valence-corrected chi connectivity index (χ3v) is 6.56. The molecule has 1 aromatic carbocycles. The second-order valence-electron chi connectivity index (χ2n) is 8.87. The van der Waals surface area contributed by atoms with E-state index in [2.05, 4.69) is 19.9 Å². The van der Waals surface area contributed by atoms with E-state index in [0.29, 0.717) is 38.9 Å². The molecule has 0 saturated carbocycles. The minimum absolute atomic E-state index is 0.00186. The van der Waals surface area contributed by atoms with Crippen LogP contribution in [0.3, 0.4) is 0 Å². The molecule has 4 rings (SSSR count). The summed E-state index contributed by atoms with van der Waals surface area (Å²) in [5, 5.41) is 0.578. The van der Waals surface area contributed by atoms with Crippen LogP contribution in [0.4, 0.5) is 14.7 Å². The number of halogens is 2. The second kappa shape index (κ2) is 10.7. The molecule has 2 atom stereocenters. The van der Waals surface area contributed by atoms with Crippen LogP contribution in [0, 0.1) is 12.7 Å². The molecule has 2 unspecified atom stereocenters. The summed E-state index contributed by atoms with van der Waals surface area (Å²) in [4.78, 5) is 17.5. The van der Waals surface area contributed by atoms with Gasteiger partial charge in [-0.15, -0.1) is 0 Å². The Morgan fingerprint density at radius 2 is 1.78 bits per heavy atom. The molecule has 8 nitrogen and oxygen atoms in total. The van der Waals surface area contributed by atoms with Crippen LogP contribution in [0.2, 0.25) is 0 Å². The number of ether oxygens (including phenoxy) is 1. The van der Waals surface area contributed by atoms with Crippen molar-refractivity contribution in [3.63, 3.8) is 0 Å². The Balaban J connectivity index is 1.88. The van der Waals surface area contributed by atoms with Crippen LogP contribution in [-0.2, 0) is 17.4 Å². The fourth-order valence-electron chi connectivity index (χ4n) is 4.07. The van der Waals surface area contributed by atoms with E-state index in [1.807, 2.05) is 18.4 Å². The standard InChI is InChI=1S/C26H28F2N6O2S/c1-14(2)34-21(30-12-22(34)37(5)35)13-36-25-23(18-10-15(3)31-20(11-18)16(4)27)24(32-26(29)33-25)17-6-8-19(28)9-7-17/h6-12,14,16H,13H2,1-5H3,(H2,29,32,33). The topological polar surface area (TPSA) is 109 Å². The number of nitrogen functional groups attached to an aromatic ring is 1. The molecule has 0 spiro atoms. The van der Waals surface area contributed by atoms with Gasteiger partial charge in [-0.2, -0.15) is 4.98 Å². The van der Waals surface area contributed by atoms with E-state index in [9.17, 15) is 13.0 Å². The summed E-state index contributed by atoms with van der Waals surface area (Å²) in [5.74, 6) is 0.246. The van der Waals surface area contributed by atoms with Crippen molar-refractivity contribution >= 4 is 16.7 Å². The summed E-state index contributed by atoms with van der Waals surface area (Å²) in [7, 11) is -1.24. The number of anilines is 1. The molecule has 0 aliphatic carbocycles. The zero-order valence-corrected chi connectivity index (χ0v) is 22.0. The van der Waals surface area contributed by atoms with Crippen LogP contribution in [0.1, 0.15) is 50.2 Å². The lowest BCUT2D eigenvalue weighted by Gasteiger charge is -2.18. The van der Waals surface area contributed by atoms with Crippen molar-refractivity contribution in [2.75, 3.05) is 12.0 Å². The molecule has 11 heteroatoms. The van der Waals surface area contributed by atoms with Gasteiger partial charge in [-0.05, 0) is 69.7 Å². The van der Waals surface area contributed by atoms with Crippen LogP contribution in [0.5, 0.6) is 5.88 Å². The first-order chi connectivity index (χ1) is 17.5. The molecule has 0 aliphatic rings. The number of nitrogens with zero attached hydrogens (tertiary/aromatic N) is 5. The number of pyridine rings is 1. The average Bonchev–Trinajstić information content (AvgIpc) is 3.27. The molecule has 3 aromatic heterocycles. The normalized spacial score (nSPS) is 13.1. The Morgan fingerprint density at radius 1 is 1.08 bits per heavy atom. The Bertz CT molecular complexity index is 1450. The van der Waals surface area contributed by atoms with Crippen LogP contribution in [-0.4, -0.2) is 35.0 Å². The molecule has 4 aromatic rings. The van der Waals surface area contributed by atoms with Crippen LogP contribution < -0.4 is 10.5 Å². The van der Waals surface area contributed by atoms with Crippen molar-refractivity contribution in [1.82, 2.24) is 24.5 Å². The highest BCUT2D eigenvalue weighted by molar-refractivity contribution is 7.84. The van der Waals surface area contributed by atoms with Gasteiger partial charge in [-0.1, -0.05) is 0 Å². The van der Waals surface area contributed by atoms with E-state index in [4.69, 9.17) is 10.5 Å². The van der Waals surface area contributed by atoms with Crippen molar-refractivity contribution < 1.29 is 17.7 Å². The largest absolute Gasteiger partial charge is 0.469 e. The smallest absolute Gasteiger partial charge is 0.227 e. The van der Waals surface area contributed by atoms with Gasteiger partial charge in [0.25, 0.3) is 0 Å². The maximum absolute atomic E-state index is 14.3. The number of rotatable bonds is 8. The lowest BCUT2D eigenvalue weighted by atomic mass is 9.99. The van der Waals surface area contributed by atoms with Gasteiger partial charge in [-0.25, -0.2) is 18.7 Å². The number of aromatic nitrogens is 5. The third kappa shape index (κ3) is 5.66. The molecule has 2 N–H and O–H groups in total. The Morgan fingerprint density at radius 3 is 2.41 bits per heavy atom. The van der Waals surface area contributed by atoms with Crippen molar-refractivity contribution in [3.05, 3.63) is 65.6 Å². The number of aryl methyl sites for hydroxylation is 1. The predicted octanol–water partition coefficient (Wildman–Crippen LogP) is 5.36. The number of nitrogens with two attached hydrogens (primary N) is 1. The zero-order valence-electron chi connectivity index (χ0n) is 21.2. The van der Waals surface area contributed by atoms with E-state index in [1.54, 1.807) is 43.6 Å². The van der Waals surface area contributed by atoms with Crippen LogP contribution in [0.25, 0.3) is 22.4 Å². The summed E-state index contributed by atoms with van der Waals surface area (Å²) in [6.07, 6.45) is 1.85. The maximum Gasteiger partial charge on any atom is 0.227 e. The summed E-state index contributed by atoms with van der Waals surface area (Å²) < 4.78 is 48.2. The summed E-state index contributed by atoms with van der Waals surface area (Å²) in [6.45, 7) is 7.09. The first kappa shape index (κ1) is 26.3. The van der Waals surface area contributed by atoms with Gasteiger partial charge in [0.15, 0.2) is 0 Å². The lowest BCUT2D eigenvalue weighted by Crippen LogP contribution is -2.13. The Kier molecular flexibility index (Phi) is 7.63. The minimum atomic E-state index is -1.31. The highest BCUT2D eigenvalue weighted by atomic mass is 32.2. The maximum atomic E-state index is 14.3. The fourth-order valence-corrected chi connectivity index (χ4v) is 4.86. The summed E-state index contributed by atoms with van der Waals surface area (Å²) >= 11 is 0. The van der Waals surface area contributed by atoms with E-state index in [0.717, 1.165) is 0 Å². The summed E-state index contributed by atoms with van der Waals surface area (Å²) in [6, 6.07) is 9.15. The molecule has 37 heavy (non-hydrogen) atoms. The van der Waals surface area contributed by atoms with Crippen LogP contribution >= 0.6 is 0 Å². The Labute approximate surface area is 216 Å². The van der Waals surface area contributed by atoms with Gasteiger partial charge < -0.3 is 15.0 Å². The molecule has 0 fully saturated rings. The molecular formula is C26H28F2N6O2S. The van der Waals surface area contributed by atoms with Crippen molar-refractivity contribution in [2.24, 2.45) is 0 Å². The minimum Gasteiger partial charge on any atom is -0.469 e. The zero-order chi connectivity index (χ0) is 26.9. The summed E-state index contributed by atoms with van der Waals surface area (Å²) in [5.41, 5.74) is 8.90. The third-order valence-electron chi connectivity index (χ3n) is 5.67. The molecule has 0 bridgehead atoms. The number of imidazole rings is 1. The number of alkyl halides is 1. The predicted molar refractivity (Wildman–Crippen MR) is 139 cm³/mol. The monoisotopic (exact) mass is 526 g/mol. The van der Waals surface area contributed by atoms with Gasteiger partial charge in [0.2, 0.25) is 11.8 Å². The SMILES string of the molecule is Cc1cc(-c2c(OCc3ncc(S(C)=O)n3C(C)C)nc(N)nc2-c2ccc(F)cc2)cc(C(C)F)n1. The second-order valence-corrected chi connectivity index (χ2v) is 10.2. The van der Waals surface area contributed by atoms with E-state index < -0.39 is 22.8 Å². The highest BCUT2D eigenvalue weighted by Gasteiger charge is 2.22. The highest BCUT2D eigenvalue weighted by Crippen LogP contribution is 2.39. The Hall–Kier alpha value is -3.73. The van der Waals surface area contributed by atoms with Crippen molar-refractivity contribution in [2.45, 2.75) is 51.5 Å². The van der Waals surface area contributed by atoms with Crippen molar-refractivity contribution in [1.29, 1.82) is 0 Å². The molecule has 3 heterocycles. The first-order valence-corrected chi connectivity index (χ1v) is 13.2. The lowest BCUT2D eigenvalue weighted by molar-refractivity contribution is 0.275. The molecule has 0 amide bonds. The van der Waals surface area contributed by atoms with E-state index >= 15 is 0 Å².